The minimum absolute atomic E-state index is 0.227. The van der Waals surface area contributed by atoms with Crippen LogP contribution in [0.15, 0.2) is 23.2 Å². The summed E-state index contributed by atoms with van der Waals surface area (Å²) in [5.74, 6) is 0.261. The first-order chi connectivity index (χ1) is 11.7. The Morgan fingerprint density at radius 2 is 2.17 bits per heavy atom. The maximum atomic E-state index is 13.9. The van der Waals surface area contributed by atoms with Crippen molar-refractivity contribution >= 4 is 5.96 Å². The highest BCUT2D eigenvalue weighted by Gasteiger charge is 2.10. The summed E-state index contributed by atoms with van der Waals surface area (Å²) in [5.41, 5.74) is 0.787. The molecular formula is C17H24FN5O. The molecule has 1 fully saturated rings. The SMILES string of the molecule is CCNC(=NCc1ccc(C#N)cc1F)NCCN1CCOCC1. The molecule has 0 aliphatic carbocycles. The minimum atomic E-state index is -0.401. The molecule has 1 aliphatic heterocycles. The van der Waals surface area contributed by atoms with Crippen LogP contribution >= 0.6 is 0 Å². The van der Waals surface area contributed by atoms with Crippen molar-refractivity contribution in [2.75, 3.05) is 45.9 Å². The number of benzene rings is 1. The van der Waals surface area contributed by atoms with Gasteiger partial charge in [0.15, 0.2) is 5.96 Å². The van der Waals surface area contributed by atoms with Gasteiger partial charge in [-0.25, -0.2) is 9.38 Å². The zero-order chi connectivity index (χ0) is 17.2. The molecule has 0 radical (unpaired) electrons. The third kappa shape index (κ3) is 5.80. The number of nitrogens with one attached hydrogen (secondary N) is 2. The molecule has 1 aliphatic rings. The third-order valence-electron chi connectivity index (χ3n) is 3.76. The predicted molar refractivity (Wildman–Crippen MR) is 91.2 cm³/mol. The molecule has 2 rings (SSSR count). The van der Waals surface area contributed by atoms with E-state index in [1.54, 1.807) is 12.1 Å². The fraction of sp³-hybridized carbons (Fsp3) is 0.529. The Morgan fingerprint density at radius 1 is 1.38 bits per heavy atom. The molecule has 130 valence electrons. The van der Waals surface area contributed by atoms with Crippen LogP contribution in [0, 0.1) is 17.1 Å². The fourth-order valence-corrected chi connectivity index (χ4v) is 2.41. The van der Waals surface area contributed by atoms with E-state index in [1.165, 1.54) is 6.07 Å². The Morgan fingerprint density at radius 3 is 2.83 bits per heavy atom. The lowest BCUT2D eigenvalue weighted by atomic mass is 10.1. The second-order valence-electron chi connectivity index (χ2n) is 5.49. The number of morpholine rings is 1. The van der Waals surface area contributed by atoms with Crippen LogP contribution in [0.25, 0.3) is 0 Å². The van der Waals surface area contributed by atoms with Crippen LogP contribution in [-0.2, 0) is 11.3 Å². The molecule has 0 bridgehead atoms. The van der Waals surface area contributed by atoms with Crippen LogP contribution in [0.5, 0.6) is 0 Å². The zero-order valence-corrected chi connectivity index (χ0v) is 14.0. The fourth-order valence-electron chi connectivity index (χ4n) is 2.41. The lowest BCUT2D eigenvalue weighted by molar-refractivity contribution is 0.0389. The van der Waals surface area contributed by atoms with Crippen molar-refractivity contribution in [3.05, 3.63) is 35.1 Å². The average Bonchev–Trinajstić information content (AvgIpc) is 2.61. The second kappa shape index (κ2) is 9.85. The summed E-state index contributed by atoms with van der Waals surface area (Å²) in [6.07, 6.45) is 0. The molecule has 0 amide bonds. The Bertz CT molecular complexity index is 593. The van der Waals surface area contributed by atoms with Crippen LogP contribution in [0.4, 0.5) is 4.39 Å². The number of guanidine groups is 1. The van der Waals surface area contributed by atoms with E-state index in [4.69, 9.17) is 10.00 Å². The van der Waals surface area contributed by atoms with Crippen LogP contribution in [-0.4, -0.2) is 56.8 Å². The number of hydrogen-bond acceptors (Lipinski definition) is 4. The molecule has 7 heteroatoms. The monoisotopic (exact) mass is 333 g/mol. The average molecular weight is 333 g/mol. The first-order valence-electron chi connectivity index (χ1n) is 8.23. The van der Waals surface area contributed by atoms with Gasteiger partial charge in [-0.2, -0.15) is 5.26 Å². The van der Waals surface area contributed by atoms with E-state index in [0.29, 0.717) is 17.1 Å². The van der Waals surface area contributed by atoms with Crippen molar-refractivity contribution in [2.24, 2.45) is 4.99 Å². The number of halogens is 1. The summed E-state index contributed by atoms with van der Waals surface area (Å²) in [4.78, 5) is 6.74. The first-order valence-corrected chi connectivity index (χ1v) is 8.23. The van der Waals surface area contributed by atoms with Gasteiger partial charge in [0.05, 0.1) is 31.4 Å². The second-order valence-corrected chi connectivity index (χ2v) is 5.49. The quantitative estimate of drug-likeness (QED) is 0.602. The summed E-state index contributed by atoms with van der Waals surface area (Å²) >= 11 is 0. The molecule has 0 aromatic heterocycles. The zero-order valence-electron chi connectivity index (χ0n) is 14.0. The Balaban J connectivity index is 1.86. The number of ether oxygens (including phenoxy) is 1. The topological polar surface area (TPSA) is 72.7 Å². The van der Waals surface area contributed by atoms with E-state index in [-0.39, 0.29) is 6.54 Å². The summed E-state index contributed by atoms with van der Waals surface area (Å²) < 4.78 is 19.2. The molecule has 0 unspecified atom stereocenters. The van der Waals surface area contributed by atoms with Crippen LogP contribution in [0.3, 0.4) is 0 Å². The van der Waals surface area contributed by atoms with Gasteiger partial charge in [-0.05, 0) is 19.1 Å². The number of rotatable bonds is 6. The Hall–Kier alpha value is -2.17. The van der Waals surface area contributed by atoms with Gasteiger partial charge in [-0.3, -0.25) is 4.90 Å². The number of nitriles is 1. The molecule has 1 aromatic carbocycles. The van der Waals surface area contributed by atoms with Crippen LogP contribution in [0.2, 0.25) is 0 Å². The van der Waals surface area contributed by atoms with E-state index >= 15 is 0 Å². The molecule has 2 N–H and O–H groups in total. The van der Waals surface area contributed by atoms with Crippen molar-refractivity contribution in [3.8, 4) is 6.07 Å². The van der Waals surface area contributed by atoms with Gasteiger partial charge in [0.25, 0.3) is 0 Å². The minimum Gasteiger partial charge on any atom is -0.379 e. The molecule has 0 saturated carbocycles. The molecule has 6 nitrogen and oxygen atoms in total. The highest BCUT2D eigenvalue weighted by molar-refractivity contribution is 5.79. The van der Waals surface area contributed by atoms with Gasteiger partial charge < -0.3 is 15.4 Å². The molecule has 0 atom stereocenters. The maximum Gasteiger partial charge on any atom is 0.191 e. The van der Waals surface area contributed by atoms with Crippen molar-refractivity contribution in [2.45, 2.75) is 13.5 Å². The van der Waals surface area contributed by atoms with Crippen molar-refractivity contribution < 1.29 is 9.13 Å². The molecule has 1 aromatic rings. The Kier molecular flexibility index (Phi) is 7.46. The van der Waals surface area contributed by atoms with Gasteiger partial charge in [-0.15, -0.1) is 0 Å². The van der Waals surface area contributed by atoms with E-state index < -0.39 is 5.82 Å². The van der Waals surface area contributed by atoms with E-state index in [0.717, 1.165) is 45.9 Å². The van der Waals surface area contributed by atoms with Crippen molar-refractivity contribution in [3.63, 3.8) is 0 Å². The lowest BCUT2D eigenvalue weighted by Crippen LogP contribution is -2.44. The molecule has 0 spiro atoms. The van der Waals surface area contributed by atoms with Gasteiger partial charge in [-0.1, -0.05) is 6.07 Å². The first kappa shape index (κ1) is 18.2. The highest BCUT2D eigenvalue weighted by Crippen LogP contribution is 2.10. The van der Waals surface area contributed by atoms with Crippen LogP contribution < -0.4 is 10.6 Å². The summed E-state index contributed by atoms with van der Waals surface area (Å²) in [5, 5.41) is 15.2. The third-order valence-corrected chi connectivity index (χ3v) is 3.76. The van der Waals surface area contributed by atoms with Gasteiger partial charge >= 0.3 is 0 Å². The lowest BCUT2D eigenvalue weighted by Gasteiger charge is -2.26. The largest absolute Gasteiger partial charge is 0.379 e. The van der Waals surface area contributed by atoms with Crippen LogP contribution in [0.1, 0.15) is 18.1 Å². The number of hydrogen-bond donors (Lipinski definition) is 2. The maximum absolute atomic E-state index is 13.9. The van der Waals surface area contributed by atoms with Gasteiger partial charge in [0.2, 0.25) is 0 Å². The molecular weight excluding hydrogens is 309 g/mol. The number of nitrogens with zero attached hydrogens (tertiary/aromatic N) is 3. The summed E-state index contributed by atoms with van der Waals surface area (Å²) in [6.45, 7) is 8.10. The molecule has 1 saturated heterocycles. The van der Waals surface area contributed by atoms with Gasteiger partial charge in [0, 0.05) is 38.3 Å². The summed E-state index contributed by atoms with van der Waals surface area (Å²) in [7, 11) is 0. The number of aliphatic imine (C=N–C) groups is 1. The molecule has 1 heterocycles. The van der Waals surface area contributed by atoms with E-state index in [9.17, 15) is 4.39 Å². The smallest absolute Gasteiger partial charge is 0.191 e. The van der Waals surface area contributed by atoms with E-state index in [1.807, 2.05) is 13.0 Å². The summed E-state index contributed by atoms with van der Waals surface area (Å²) in [6, 6.07) is 6.37. The standard InChI is InChI=1S/C17H24FN5O/c1-2-20-17(21-5-6-23-7-9-24-10-8-23)22-13-15-4-3-14(12-19)11-16(15)18/h3-4,11H,2,5-10,13H2,1H3,(H2,20,21,22). The van der Waals surface area contributed by atoms with E-state index in [2.05, 4.69) is 20.5 Å². The van der Waals surface area contributed by atoms with Gasteiger partial charge in [0.1, 0.15) is 5.82 Å². The van der Waals surface area contributed by atoms with Crippen molar-refractivity contribution in [1.82, 2.24) is 15.5 Å². The normalized spacial score (nSPS) is 15.8. The predicted octanol–water partition coefficient (Wildman–Crippen LogP) is 1.08. The highest BCUT2D eigenvalue weighted by atomic mass is 19.1. The molecule has 24 heavy (non-hydrogen) atoms. The van der Waals surface area contributed by atoms with Crippen molar-refractivity contribution in [1.29, 1.82) is 5.26 Å². The Labute approximate surface area is 142 Å².